The third-order valence-corrected chi connectivity index (χ3v) is 2.39. The molecule has 8 N–H and O–H groups in total. The maximum Gasteiger partial charge on any atom is 1.00 e. The quantitative estimate of drug-likeness (QED) is 0.157. The van der Waals surface area contributed by atoms with E-state index in [1.54, 1.807) is 0 Å². The fourth-order valence-corrected chi connectivity index (χ4v) is 1.47. The van der Waals surface area contributed by atoms with Crippen molar-refractivity contribution in [1.82, 2.24) is 0 Å². The number of hydrogen-bond donors (Lipinski definition) is 8. The number of nitrogens with zero attached hydrogens (tertiary/aromatic N) is 2. The predicted octanol–water partition coefficient (Wildman–Crippen LogP) is 1.03. The summed E-state index contributed by atoms with van der Waals surface area (Å²) in [5.41, 5.74) is 1.13. The van der Waals surface area contributed by atoms with E-state index in [4.69, 9.17) is 40.9 Å². The Labute approximate surface area is 214 Å². The zero-order chi connectivity index (χ0) is 24.5. The molecule has 1 unspecified atom stereocenters. The van der Waals surface area contributed by atoms with Crippen LogP contribution in [0.4, 0.5) is 0 Å². The second-order valence-electron chi connectivity index (χ2n) is 6.36. The molecule has 0 aliphatic carbocycles. The van der Waals surface area contributed by atoms with Crippen molar-refractivity contribution < 1.29 is 75.0 Å². The van der Waals surface area contributed by atoms with Gasteiger partial charge in [-0.2, -0.15) is 5.70 Å². The van der Waals surface area contributed by atoms with Gasteiger partial charge < -0.3 is 51.5 Å². The first kappa shape index (κ1) is 45.5. The molecule has 2 heterocycles. The number of aliphatic hydroxyl groups excluding tert-OH is 4. The van der Waals surface area contributed by atoms with Gasteiger partial charge in [0, 0.05) is 0 Å². The van der Waals surface area contributed by atoms with Crippen molar-refractivity contribution in [3.05, 3.63) is 34.6 Å². The van der Waals surface area contributed by atoms with Crippen LogP contribution in [0.3, 0.4) is 0 Å². The molecule has 0 amide bonds. The van der Waals surface area contributed by atoms with E-state index in [2.05, 4.69) is 17.6 Å². The number of aliphatic hydroxyl groups is 8. The van der Waals surface area contributed by atoms with Crippen LogP contribution in [-0.2, 0) is 34.1 Å². The Balaban J connectivity index is -0.0000000643. The number of piperidine rings is 1. The summed E-state index contributed by atoms with van der Waals surface area (Å²) in [5, 5.41) is 69.3. The smallest absolute Gasteiger partial charge is 0.685 e. The summed E-state index contributed by atoms with van der Waals surface area (Å²) in [6, 6.07) is 0.661. The average molecular weight is 568 g/mol. The topological polar surface area (TPSA) is 190 Å². The minimum atomic E-state index is -1.17. The van der Waals surface area contributed by atoms with Crippen LogP contribution in [0, 0.1) is 0 Å². The van der Waals surface area contributed by atoms with E-state index < -0.39 is 25.2 Å². The molecular weight excluding hydrogens is 523 g/mol. The molecule has 0 spiro atoms. The molecule has 2 rings (SSSR count). The Morgan fingerprint density at radius 1 is 0.781 bits per heavy atom. The second kappa shape index (κ2) is 35.5. The number of allylic oxidation sites excluding steroid dienone is 3. The Hall–Kier alpha value is -0.0410. The maximum atomic E-state index is 7.61. The van der Waals surface area contributed by atoms with E-state index in [1.165, 1.54) is 47.0 Å². The van der Waals surface area contributed by atoms with Crippen LogP contribution >= 0.6 is 0 Å². The van der Waals surface area contributed by atoms with Crippen molar-refractivity contribution in [3.63, 3.8) is 0 Å². The van der Waals surface area contributed by atoms with Gasteiger partial charge in [0.25, 0.3) is 0 Å². The van der Waals surface area contributed by atoms with Gasteiger partial charge in [-0.3, -0.25) is 0 Å². The van der Waals surface area contributed by atoms with E-state index in [-0.39, 0.29) is 34.1 Å². The van der Waals surface area contributed by atoms with Crippen molar-refractivity contribution >= 4 is 0 Å². The van der Waals surface area contributed by atoms with Crippen molar-refractivity contribution in [2.45, 2.75) is 92.0 Å². The van der Waals surface area contributed by atoms with Crippen LogP contribution < -0.4 is 0 Å². The minimum absolute atomic E-state index is 0. The van der Waals surface area contributed by atoms with Gasteiger partial charge in [0.2, 0.25) is 0 Å². The molecule has 32 heavy (non-hydrogen) atoms. The third kappa shape index (κ3) is 98.6. The average Bonchev–Trinajstić information content (AvgIpc) is 2.55. The summed E-state index contributed by atoms with van der Waals surface area (Å²) in [6.07, 6.45) is 5.44. The van der Waals surface area contributed by atoms with E-state index in [1.807, 2.05) is 25.2 Å². The van der Waals surface area contributed by atoms with Crippen LogP contribution in [-0.4, -0.2) is 85.1 Å². The van der Waals surface area contributed by atoms with Gasteiger partial charge in [-0.05, 0) is 27.7 Å². The summed E-state index contributed by atoms with van der Waals surface area (Å²) in [5.74, 6) is 0. The van der Waals surface area contributed by atoms with E-state index in [0.29, 0.717) is 6.04 Å². The van der Waals surface area contributed by atoms with Crippen molar-refractivity contribution in [2.75, 3.05) is 13.1 Å². The molecule has 12 heteroatoms. The van der Waals surface area contributed by atoms with E-state index in [0.717, 1.165) is 18.8 Å². The fraction of sp³-hybridized carbons (Fsp3) is 0.800. The van der Waals surface area contributed by atoms with E-state index >= 15 is 0 Å². The number of rotatable bonds is 0. The number of hydrogen-bond acceptors (Lipinski definition) is 8. The first-order valence-corrected chi connectivity index (χ1v) is 9.84. The fourth-order valence-electron chi connectivity index (χ4n) is 1.47. The van der Waals surface area contributed by atoms with Gasteiger partial charge in [-0.25, -0.2) is 0 Å². The Morgan fingerprint density at radius 3 is 1.28 bits per heavy atom. The monoisotopic (exact) mass is 566 g/mol. The van der Waals surface area contributed by atoms with Crippen molar-refractivity contribution in [2.24, 2.45) is 0 Å². The van der Waals surface area contributed by atoms with Gasteiger partial charge in [0.1, 0.15) is 25.2 Å². The minimum Gasteiger partial charge on any atom is -0.685 e. The molecule has 10 nitrogen and oxygen atoms in total. The Bertz CT molecular complexity index is 346. The van der Waals surface area contributed by atoms with Gasteiger partial charge in [-0.1, -0.05) is 45.3 Å². The van der Waals surface area contributed by atoms with Crippen molar-refractivity contribution in [1.29, 1.82) is 0 Å². The zero-order valence-corrected chi connectivity index (χ0v) is 21.6. The molecule has 1 atom stereocenters. The van der Waals surface area contributed by atoms with E-state index in [9.17, 15) is 0 Å². The van der Waals surface area contributed by atoms with Gasteiger partial charge in [-0.15, -0.1) is 25.2 Å². The SMILES string of the molecule is CC(O)O.CC(O)O.CC(O)O.CC(O)O.CC1=CC=CC[N-]1.CC1CCCC[N-]1.[Cu+].[Cu+]. The van der Waals surface area contributed by atoms with Crippen molar-refractivity contribution in [3.8, 4) is 0 Å². The normalized spacial score (nSPS) is 15.7. The second-order valence-corrected chi connectivity index (χ2v) is 6.36. The summed E-state index contributed by atoms with van der Waals surface area (Å²) >= 11 is 0. The third-order valence-electron chi connectivity index (χ3n) is 2.39. The first-order chi connectivity index (χ1) is 13.7. The molecule has 0 bridgehead atoms. The molecule has 2 aliphatic rings. The van der Waals surface area contributed by atoms with Crippen LogP contribution in [0.15, 0.2) is 23.9 Å². The summed E-state index contributed by atoms with van der Waals surface area (Å²) in [4.78, 5) is 0. The summed E-state index contributed by atoms with van der Waals surface area (Å²) in [7, 11) is 0. The molecule has 1 saturated heterocycles. The first-order valence-electron chi connectivity index (χ1n) is 9.84. The maximum absolute atomic E-state index is 7.61. The van der Waals surface area contributed by atoms with Crippen LogP contribution in [0.1, 0.15) is 60.8 Å². The van der Waals surface area contributed by atoms with Gasteiger partial charge in [0.15, 0.2) is 0 Å². The molecule has 2 aliphatic heterocycles. The molecule has 0 saturated carbocycles. The standard InChI is InChI=1S/C6H12N.C6H8N.4C2H6O2.2Cu/c2*1-6-4-2-3-5-7-6;4*1-2(3)4;;/h6H,2-5H2,1H3;2-4H,5H2,1H3;4*2-4H,1H3;;/q2*-1;;;;;2*+1. The largest absolute Gasteiger partial charge is 1.00 e. The molecule has 0 aromatic heterocycles. The van der Waals surface area contributed by atoms with Crippen LogP contribution in [0.25, 0.3) is 10.6 Å². The van der Waals surface area contributed by atoms with Gasteiger partial charge >= 0.3 is 34.1 Å². The summed E-state index contributed by atoms with van der Waals surface area (Å²) < 4.78 is 0. The van der Waals surface area contributed by atoms with Crippen LogP contribution in [0.5, 0.6) is 0 Å². The predicted molar refractivity (Wildman–Crippen MR) is 118 cm³/mol. The molecule has 1 fully saturated rings. The molecule has 0 aromatic rings. The molecule has 0 aromatic carbocycles. The van der Waals surface area contributed by atoms with Crippen LogP contribution in [0.2, 0.25) is 0 Å². The summed E-state index contributed by atoms with van der Waals surface area (Å²) in [6.45, 7) is 11.3. The molecule has 204 valence electrons. The Kier molecular flexibility index (Phi) is 50.5. The van der Waals surface area contributed by atoms with Gasteiger partial charge in [0.05, 0.1) is 0 Å². The molecular formula is C20H44Cu2N2O8. The molecule has 0 radical (unpaired) electrons. The zero-order valence-electron chi connectivity index (χ0n) is 19.7. The Morgan fingerprint density at radius 2 is 1.16 bits per heavy atom.